The van der Waals surface area contributed by atoms with Gasteiger partial charge in [0.2, 0.25) is 0 Å². The van der Waals surface area contributed by atoms with Crippen LogP contribution in [0, 0.1) is 27.4 Å². The fourth-order valence-corrected chi connectivity index (χ4v) is 1.79. The number of benzene rings is 1. The van der Waals surface area contributed by atoms with E-state index >= 15 is 0 Å². The molecule has 0 bridgehead atoms. The minimum atomic E-state index is -1.22. The predicted octanol–water partition coefficient (Wildman–Crippen LogP) is 1.64. The van der Waals surface area contributed by atoms with Gasteiger partial charge in [0, 0.05) is 12.3 Å². The molecule has 9 nitrogen and oxygen atoms in total. The van der Waals surface area contributed by atoms with E-state index in [1.165, 1.54) is 18.2 Å². The Morgan fingerprint density at radius 3 is 2.50 bits per heavy atom. The Bertz CT molecular complexity index is 721. The molecule has 9 heteroatoms. The Kier molecular flexibility index (Phi) is 6.43. The second-order valence-electron chi connectivity index (χ2n) is 5.12. The van der Waals surface area contributed by atoms with Crippen molar-refractivity contribution in [1.29, 1.82) is 5.26 Å². The highest BCUT2D eigenvalue weighted by atomic mass is 16.6. The first-order chi connectivity index (χ1) is 11.3. The van der Waals surface area contributed by atoms with E-state index in [2.05, 4.69) is 10.6 Å². The van der Waals surface area contributed by atoms with Gasteiger partial charge in [0.25, 0.3) is 11.6 Å². The number of nitrogens with one attached hydrogen (secondary N) is 2. The van der Waals surface area contributed by atoms with E-state index in [0.29, 0.717) is 0 Å². The van der Waals surface area contributed by atoms with Crippen LogP contribution in [0.15, 0.2) is 36.0 Å². The monoisotopic (exact) mass is 332 g/mol. The van der Waals surface area contributed by atoms with Crippen LogP contribution in [0.3, 0.4) is 0 Å². The van der Waals surface area contributed by atoms with Gasteiger partial charge in [0.1, 0.15) is 23.4 Å². The summed E-state index contributed by atoms with van der Waals surface area (Å²) >= 11 is 0. The lowest BCUT2D eigenvalue weighted by atomic mass is 10.0. The number of nitrogens with zero attached hydrogens (tertiary/aromatic N) is 2. The van der Waals surface area contributed by atoms with E-state index in [1.807, 2.05) is 0 Å². The summed E-state index contributed by atoms with van der Waals surface area (Å²) in [5, 5.41) is 33.7. The maximum absolute atomic E-state index is 12.0. The predicted molar refractivity (Wildman–Crippen MR) is 84.8 cm³/mol. The molecule has 3 N–H and O–H groups in total. The summed E-state index contributed by atoms with van der Waals surface area (Å²) in [6.45, 7) is 3.22. The second-order valence-corrected chi connectivity index (χ2v) is 5.12. The van der Waals surface area contributed by atoms with Gasteiger partial charge in [-0.25, -0.2) is 4.79 Å². The number of anilines is 1. The fraction of sp³-hybridized carbons (Fsp3) is 0.267. The lowest BCUT2D eigenvalue weighted by Gasteiger charge is -2.17. The van der Waals surface area contributed by atoms with Gasteiger partial charge in [-0.1, -0.05) is 26.0 Å². The first kappa shape index (κ1) is 18.6. The van der Waals surface area contributed by atoms with Crippen molar-refractivity contribution in [1.82, 2.24) is 5.32 Å². The minimum absolute atomic E-state index is 0.0988. The molecule has 1 aromatic carbocycles. The lowest BCUT2D eigenvalue weighted by molar-refractivity contribution is -0.383. The average molecular weight is 332 g/mol. The third-order valence-corrected chi connectivity index (χ3v) is 3.06. The number of aliphatic carboxylic acids is 1. The zero-order valence-corrected chi connectivity index (χ0v) is 13.0. The highest BCUT2D eigenvalue weighted by Crippen LogP contribution is 2.23. The number of hydrogen-bond acceptors (Lipinski definition) is 6. The number of para-hydroxylation sites is 2. The van der Waals surface area contributed by atoms with E-state index in [1.54, 1.807) is 26.0 Å². The standard InChI is InChI=1S/C15H16N4O5/c1-9(2)13(15(21)22)18-14(20)10(7-16)8-17-11-5-3-4-6-12(11)19(23)24/h3-6,8-9,13,17H,1-2H3,(H,18,20)(H,21,22)/b10-8-. The van der Waals surface area contributed by atoms with Gasteiger partial charge >= 0.3 is 5.97 Å². The Morgan fingerprint density at radius 1 is 1.38 bits per heavy atom. The molecule has 1 atom stereocenters. The molecule has 0 aliphatic heterocycles. The number of nitro groups is 1. The van der Waals surface area contributed by atoms with Gasteiger partial charge in [-0.15, -0.1) is 0 Å². The molecule has 24 heavy (non-hydrogen) atoms. The van der Waals surface area contributed by atoms with E-state index in [-0.39, 0.29) is 17.3 Å². The molecule has 0 radical (unpaired) electrons. The number of carboxylic acids is 1. The maximum Gasteiger partial charge on any atom is 0.326 e. The Morgan fingerprint density at radius 2 is 2.00 bits per heavy atom. The molecule has 0 aliphatic carbocycles. The molecule has 0 saturated heterocycles. The van der Waals surface area contributed by atoms with Crippen molar-refractivity contribution in [3.63, 3.8) is 0 Å². The maximum atomic E-state index is 12.0. The molecule has 1 unspecified atom stereocenters. The zero-order valence-electron chi connectivity index (χ0n) is 13.0. The third-order valence-electron chi connectivity index (χ3n) is 3.06. The third kappa shape index (κ3) is 4.81. The summed E-state index contributed by atoms with van der Waals surface area (Å²) in [4.78, 5) is 33.4. The molecule has 0 heterocycles. The average Bonchev–Trinajstić information content (AvgIpc) is 2.52. The molecule has 0 aromatic heterocycles. The molecular weight excluding hydrogens is 316 g/mol. The number of nitro benzene ring substituents is 1. The van der Waals surface area contributed by atoms with Gasteiger partial charge in [0.05, 0.1) is 4.92 Å². The van der Waals surface area contributed by atoms with Gasteiger partial charge in [-0.2, -0.15) is 5.26 Å². The summed E-state index contributed by atoms with van der Waals surface area (Å²) in [5.74, 6) is -2.48. The molecule has 0 fully saturated rings. The SMILES string of the molecule is CC(C)C(NC(=O)/C(C#N)=C\Nc1ccccc1[N+](=O)[O-])C(=O)O. The first-order valence-corrected chi connectivity index (χ1v) is 6.91. The number of carbonyl (C=O) groups excluding carboxylic acids is 1. The van der Waals surface area contributed by atoms with Crippen LogP contribution in [0.25, 0.3) is 0 Å². The lowest BCUT2D eigenvalue weighted by Crippen LogP contribution is -2.44. The summed E-state index contributed by atoms with van der Waals surface area (Å²) in [5.41, 5.74) is -0.529. The molecule has 0 spiro atoms. The second kappa shape index (κ2) is 8.28. The summed E-state index contributed by atoms with van der Waals surface area (Å²) in [7, 11) is 0. The number of nitriles is 1. The Balaban J connectivity index is 2.96. The highest BCUT2D eigenvalue weighted by Gasteiger charge is 2.25. The van der Waals surface area contributed by atoms with Gasteiger partial charge in [0.15, 0.2) is 0 Å². The Hall–Kier alpha value is -3.41. The van der Waals surface area contributed by atoms with Crippen molar-refractivity contribution < 1.29 is 19.6 Å². The largest absolute Gasteiger partial charge is 0.480 e. The van der Waals surface area contributed by atoms with Crippen LogP contribution in [0.4, 0.5) is 11.4 Å². The van der Waals surface area contributed by atoms with Crippen molar-refractivity contribution in [3.8, 4) is 6.07 Å². The van der Waals surface area contributed by atoms with E-state index < -0.39 is 28.4 Å². The van der Waals surface area contributed by atoms with Crippen LogP contribution < -0.4 is 10.6 Å². The van der Waals surface area contributed by atoms with Crippen LogP contribution >= 0.6 is 0 Å². The van der Waals surface area contributed by atoms with Crippen LogP contribution in [0.5, 0.6) is 0 Å². The summed E-state index contributed by atoms with van der Waals surface area (Å²) in [6.07, 6.45) is 0.997. The van der Waals surface area contributed by atoms with Crippen molar-refractivity contribution in [3.05, 3.63) is 46.2 Å². The quantitative estimate of drug-likeness (QED) is 0.298. The van der Waals surface area contributed by atoms with Crippen LogP contribution in [0.1, 0.15) is 13.8 Å². The van der Waals surface area contributed by atoms with Gasteiger partial charge in [-0.05, 0) is 12.0 Å². The van der Waals surface area contributed by atoms with Crippen LogP contribution in [0.2, 0.25) is 0 Å². The van der Waals surface area contributed by atoms with E-state index in [4.69, 9.17) is 10.4 Å². The van der Waals surface area contributed by atoms with Crippen LogP contribution in [-0.4, -0.2) is 27.9 Å². The highest BCUT2D eigenvalue weighted by molar-refractivity contribution is 5.99. The summed E-state index contributed by atoms with van der Waals surface area (Å²) in [6, 6.07) is 6.18. The molecule has 1 rings (SSSR count). The smallest absolute Gasteiger partial charge is 0.326 e. The zero-order chi connectivity index (χ0) is 18.3. The van der Waals surface area contributed by atoms with E-state index in [0.717, 1.165) is 6.20 Å². The van der Waals surface area contributed by atoms with Crippen molar-refractivity contribution in [2.45, 2.75) is 19.9 Å². The number of carboxylic acid groups (broad SMARTS) is 1. The van der Waals surface area contributed by atoms with E-state index in [9.17, 15) is 19.7 Å². The van der Waals surface area contributed by atoms with Gasteiger partial charge < -0.3 is 15.7 Å². The molecule has 1 aromatic rings. The molecule has 1 amide bonds. The number of hydrogen-bond donors (Lipinski definition) is 3. The number of amides is 1. The van der Waals surface area contributed by atoms with Crippen molar-refractivity contribution in [2.75, 3.05) is 5.32 Å². The van der Waals surface area contributed by atoms with Crippen molar-refractivity contribution >= 4 is 23.3 Å². The topological polar surface area (TPSA) is 145 Å². The number of rotatable bonds is 7. The summed E-state index contributed by atoms with van der Waals surface area (Å²) < 4.78 is 0. The molecule has 126 valence electrons. The number of carbonyl (C=O) groups is 2. The molecule has 0 saturated carbocycles. The normalized spacial score (nSPS) is 12.2. The van der Waals surface area contributed by atoms with Crippen molar-refractivity contribution in [2.24, 2.45) is 5.92 Å². The van der Waals surface area contributed by atoms with Crippen LogP contribution in [-0.2, 0) is 9.59 Å². The molecular formula is C15H16N4O5. The van der Waals surface area contributed by atoms with Gasteiger partial charge in [-0.3, -0.25) is 14.9 Å². The fourth-order valence-electron chi connectivity index (χ4n) is 1.79. The Labute approximate surface area is 137 Å². The first-order valence-electron chi connectivity index (χ1n) is 6.91. The minimum Gasteiger partial charge on any atom is -0.480 e. The molecule has 0 aliphatic rings.